The van der Waals surface area contributed by atoms with E-state index in [-0.39, 0.29) is 23.7 Å². The van der Waals surface area contributed by atoms with E-state index in [0.717, 1.165) is 16.7 Å². The third kappa shape index (κ3) is 5.95. The molecule has 39 heavy (non-hydrogen) atoms. The zero-order valence-corrected chi connectivity index (χ0v) is 21.9. The minimum Gasteiger partial charge on any atom is -0.392 e. The van der Waals surface area contributed by atoms with Crippen molar-refractivity contribution in [3.05, 3.63) is 90.0 Å². The van der Waals surface area contributed by atoms with Gasteiger partial charge < -0.3 is 20.6 Å². The SMILES string of the molecule is CC(=N)C1C(=N)CC(c2ccc(F)cc2-c2cccnc2)CC1=NOC1CCN(C(=O)c2ccccc2)CC1. The van der Waals surface area contributed by atoms with E-state index in [1.165, 1.54) is 12.1 Å². The number of amides is 1. The van der Waals surface area contributed by atoms with Gasteiger partial charge in [-0.1, -0.05) is 35.5 Å². The molecule has 0 bridgehead atoms. The number of carbonyl (C=O) groups is 1. The smallest absolute Gasteiger partial charge is 0.253 e. The largest absolute Gasteiger partial charge is 0.392 e. The fourth-order valence-electron chi connectivity index (χ4n) is 5.57. The Morgan fingerprint density at radius 2 is 1.85 bits per heavy atom. The topological polar surface area (TPSA) is 102 Å². The van der Waals surface area contributed by atoms with Gasteiger partial charge in [0.2, 0.25) is 0 Å². The fourth-order valence-corrected chi connectivity index (χ4v) is 5.57. The van der Waals surface area contributed by atoms with Gasteiger partial charge in [-0.3, -0.25) is 9.78 Å². The molecular formula is C31H32FN5O2. The van der Waals surface area contributed by atoms with Crippen molar-refractivity contribution in [1.29, 1.82) is 10.8 Å². The van der Waals surface area contributed by atoms with Gasteiger partial charge in [0.1, 0.15) is 11.9 Å². The van der Waals surface area contributed by atoms with Crippen LogP contribution < -0.4 is 0 Å². The van der Waals surface area contributed by atoms with Crippen LogP contribution in [0, 0.1) is 22.6 Å². The Balaban J connectivity index is 1.32. The number of aromatic nitrogens is 1. The molecule has 0 radical (unpaired) electrons. The van der Waals surface area contributed by atoms with Crippen LogP contribution in [-0.2, 0) is 4.84 Å². The average Bonchev–Trinajstić information content (AvgIpc) is 2.96. The maximum Gasteiger partial charge on any atom is 0.253 e. The van der Waals surface area contributed by atoms with Gasteiger partial charge in [0.25, 0.3) is 5.91 Å². The van der Waals surface area contributed by atoms with E-state index >= 15 is 0 Å². The zero-order valence-electron chi connectivity index (χ0n) is 21.9. The minimum absolute atomic E-state index is 0.0205. The zero-order chi connectivity index (χ0) is 27.4. The molecule has 3 aromatic rings. The third-order valence-electron chi connectivity index (χ3n) is 7.53. The Kier molecular flexibility index (Phi) is 7.91. The number of likely N-dealkylation sites (tertiary alicyclic amines) is 1. The molecule has 2 unspecified atom stereocenters. The third-order valence-corrected chi connectivity index (χ3v) is 7.53. The van der Waals surface area contributed by atoms with Crippen LogP contribution in [0.25, 0.3) is 11.1 Å². The van der Waals surface area contributed by atoms with Crippen molar-refractivity contribution in [3.8, 4) is 11.1 Å². The molecule has 2 atom stereocenters. The summed E-state index contributed by atoms with van der Waals surface area (Å²) in [4.78, 5) is 24.8. The highest BCUT2D eigenvalue weighted by atomic mass is 19.1. The Morgan fingerprint density at radius 1 is 1.08 bits per heavy atom. The average molecular weight is 526 g/mol. The lowest BCUT2D eigenvalue weighted by molar-refractivity contribution is 0.0108. The van der Waals surface area contributed by atoms with E-state index in [0.29, 0.717) is 61.5 Å². The first-order valence-corrected chi connectivity index (χ1v) is 13.3. The monoisotopic (exact) mass is 525 g/mol. The van der Waals surface area contributed by atoms with Gasteiger partial charge in [0.15, 0.2) is 0 Å². The van der Waals surface area contributed by atoms with Gasteiger partial charge in [0, 0.05) is 60.9 Å². The number of benzene rings is 2. The number of hydrogen-bond acceptors (Lipinski definition) is 6. The van der Waals surface area contributed by atoms with Crippen LogP contribution >= 0.6 is 0 Å². The van der Waals surface area contributed by atoms with Crippen LogP contribution in [0.2, 0.25) is 0 Å². The molecule has 1 aliphatic carbocycles. The van der Waals surface area contributed by atoms with Gasteiger partial charge in [-0.25, -0.2) is 4.39 Å². The summed E-state index contributed by atoms with van der Waals surface area (Å²) in [6.07, 6.45) is 5.54. The van der Waals surface area contributed by atoms with Gasteiger partial charge in [-0.05, 0) is 67.1 Å². The number of halogens is 1. The van der Waals surface area contributed by atoms with Gasteiger partial charge in [-0.2, -0.15) is 0 Å². The lowest BCUT2D eigenvalue weighted by atomic mass is 9.73. The van der Waals surface area contributed by atoms with E-state index in [1.807, 2.05) is 47.4 Å². The second-order valence-electron chi connectivity index (χ2n) is 10.3. The van der Waals surface area contributed by atoms with Crippen molar-refractivity contribution in [2.75, 3.05) is 13.1 Å². The molecule has 1 aliphatic heterocycles. The van der Waals surface area contributed by atoms with Crippen LogP contribution in [0.3, 0.4) is 0 Å². The molecule has 5 rings (SSSR count). The molecule has 2 N–H and O–H groups in total. The molecule has 1 saturated heterocycles. The maximum absolute atomic E-state index is 14.3. The molecule has 1 amide bonds. The van der Waals surface area contributed by atoms with Crippen LogP contribution in [0.15, 0.2) is 78.2 Å². The second-order valence-corrected chi connectivity index (χ2v) is 10.3. The number of pyridine rings is 1. The number of oxime groups is 1. The first kappa shape index (κ1) is 26.4. The lowest BCUT2D eigenvalue weighted by Gasteiger charge is -2.33. The van der Waals surface area contributed by atoms with Crippen molar-refractivity contribution >= 4 is 23.0 Å². The predicted molar refractivity (Wildman–Crippen MR) is 150 cm³/mol. The number of piperidine rings is 1. The number of nitrogens with zero attached hydrogens (tertiary/aromatic N) is 3. The molecule has 7 nitrogen and oxygen atoms in total. The quantitative estimate of drug-likeness (QED) is 0.299. The summed E-state index contributed by atoms with van der Waals surface area (Å²) in [5, 5.41) is 21.6. The highest BCUT2D eigenvalue weighted by Crippen LogP contribution is 2.38. The summed E-state index contributed by atoms with van der Waals surface area (Å²) in [5.74, 6) is -0.905. The molecular weight excluding hydrogens is 493 g/mol. The van der Waals surface area contributed by atoms with Crippen molar-refractivity contribution < 1.29 is 14.0 Å². The van der Waals surface area contributed by atoms with E-state index in [1.54, 1.807) is 25.4 Å². The molecule has 8 heteroatoms. The highest BCUT2D eigenvalue weighted by molar-refractivity contribution is 6.23. The van der Waals surface area contributed by atoms with Gasteiger partial charge >= 0.3 is 0 Å². The Hall–Kier alpha value is -4.20. The second kappa shape index (κ2) is 11.7. The van der Waals surface area contributed by atoms with E-state index < -0.39 is 5.92 Å². The van der Waals surface area contributed by atoms with E-state index in [9.17, 15) is 9.18 Å². The van der Waals surface area contributed by atoms with Gasteiger partial charge in [0.05, 0.1) is 11.6 Å². The van der Waals surface area contributed by atoms with Crippen molar-refractivity contribution in [1.82, 2.24) is 9.88 Å². The lowest BCUT2D eigenvalue weighted by Crippen LogP contribution is -2.41. The van der Waals surface area contributed by atoms with Crippen LogP contribution in [0.5, 0.6) is 0 Å². The van der Waals surface area contributed by atoms with Crippen molar-refractivity contribution in [3.63, 3.8) is 0 Å². The molecule has 1 aromatic heterocycles. The molecule has 2 fully saturated rings. The van der Waals surface area contributed by atoms with E-state index in [2.05, 4.69) is 10.1 Å². The Morgan fingerprint density at radius 3 is 2.54 bits per heavy atom. The molecule has 0 spiro atoms. The number of nitrogens with one attached hydrogen (secondary N) is 2. The molecule has 2 aliphatic rings. The summed E-state index contributed by atoms with van der Waals surface area (Å²) in [6, 6.07) is 17.7. The standard InChI is InChI=1S/C31H32FN5O2/c1-20(33)30-28(34)16-23(26-10-9-24(32)18-27(26)22-8-5-13-35-19-22)17-29(30)36-39-25-11-14-37(15-12-25)31(38)21-6-3-2-4-7-21/h2-10,13,18-19,23,25,30,33-34H,11-12,14-17H2,1H3. The fraction of sp³-hybridized carbons (Fsp3) is 0.323. The molecule has 2 aromatic carbocycles. The number of rotatable bonds is 6. The van der Waals surface area contributed by atoms with Crippen LogP contribution in [-0.4, -0.2) is 52.1 Å². The minimum atomic E-state index is -0.497. The van der Waals surface area contributed by atoms with Crippen molar-refractivity contribution in [2.45, 2.75) is 44.6 Å². The number of hydrogen-bond donors (Lipinski definition) is 2. The predicted octanol–water partition coefficient (Wildman–Crippen LogP) is 6.12. The first-order chi connectivity index (χ1) is 18.9. The first-order valence-electron chi connectivity index (χ1n) is 13.3. The molecule has 200 valence electrons. The molecule has 2 heterocycles. The summed E-state index contributed by atoms with van der Waals surface area (Å²) in [5.41, 5.74) is 4.59. The summed E-state index contributed by atoms with van der Waals surface area (Å²) < 4.78 is 14.3. The normalized spacial score (nSPS) is 21.1. The Labute approximate surface area is 227 Å². The summed E-state index contributed by atoms with van der Waals surface area (Å²) >= 11 is 0. The van der Waals surface area contributed by atoms with Crippen LogP contribution in [0.4, 0.5) is 4.39 Å². The van der Waals surface area contributed by atoms with Crippen molar-refractivity contribution in [2.24, 2.45) is 11.1 Å². The maximum atomic E-state index is 14.3. The number of carbonyl (C=O) groups excluding carboxylic acids is 1. The van der Waals surface area contributed by atoms with Crippen LogP contribution in [0.1, 0.15) is 54.4 Å². The van der Waals surface area contributed by atoms with E-state index in [4.69, 9.17) is 15.7 Å². The highest BCUT2D eigenvalue weighted by Gasteiger charge is 2.35. The molecule has 1 saturated carbocycles. The summed E-state index contributed by atoms with van der Waals surface area (Å²) in [6.45, 7) is 2.86. The summed E-state index contributed by atoms with van der Waals surface area (Å²) in [7, 11) is 0. The van der Waals surface area contributed by atoms with Gasteiger partial charge in [-0.15, -0.1) is 0 Å². The Bertz CT molecular complexity index is 1380.